The highest BCUT2D eigenvalue weighted by atomic mass is 79.9. The summed E-state index contributed by atoms with van der Waals surface area (Å²) >= 11 is 3.60. The molecule has 0 radical (unpaired) electrons. The SMILES string of the molecule is CCC(CC)(CN)c1ccccc1Br. The average Bonchev–Trinajstić information content (AvgIpc) is 2.24. The first-order valence-corrected chi connectivity index (χ1v) is 5.94. The van der Waals surface area contributed by atoms with E-state index in [1.807, 2.05) is 6.07 Å². The minimum absolute atomic E-state index is 0.139. The lowest BCUT2D eigenvalue weighted by molar-refractivity contribution is 0.405. The topological polar surface area (TPSA) is 26.0 Å². The summed E-state index contributed by atoms with van der Waals surface area (Å²) in [7, 11) is 0. The number of hydrogen-bond donors (Lipinski definition) is 1. The molecular formula is C12H18BrN. The van der Waals surface area contributed by atoms with Crippen LogP contribution in [0.2, 0.25) is 0 Å². The highest BCUT2D eigenvalue weighted by Crippen LogP contribution is 2.35. The molecule has 0 saturated carbocycles. The lowest BCUT2D eigenvalue weighted by Crippen LogP contribution is -2.34. The van der Waals surface area contributed by atoms with Gasteiger partial charge in [-0.05, 0) is 24.5 Å². The fraction of sp³-hybridized carbons (Fsp3) is 0.500. The van der Waals surface area contributed by atoms with Crippen LogP contribution >= 0.6 is 15.9 Å². The van der Waals surface area contributed by atoms with Gasteiger partial charge in [-0.1, -0.05) is 48.0 Å². The monoisotopic (exact) mass is 255 g/mol. The molecule has 14 heavy (non-hydrogen) atoms. The number of rotatable bonds is 4. The second-order valence-corrected chi connectivity index (χ2v) is 4.53. The van der Waals surface area contributed by atoms with Gasteiger partial charge in [0.2, 0.25) is 0 Å². The van der Waals surface area contributed by atoms with E-state index in [1.54, 1.807) is 0 Å². The molecule has 0 aliphatic rings. The quantitative estimate of drug-likeness (QED) is 0.877. The van der Waals surface area contributed by atoms with Crippen LogP contribution in [0.25, 0.3) is 0 Å². The first kappa shape index (κ1) is 11.7. The molecule has 0 atom stereocenters. The van der Waals surface area contributed by atoms with Crippen LogP contribution in [0.15, 0.2) is 28.7 Å². The van der Waals surface area contributed by atoms with Crippen molar-refractivity contribution in [2.45, 2.75) is 32.1 Å². The smallest absolute Gasteiger partial charge is 0.0213 e. The van der Waals surface area contributed by atoms with Gasteiger partial charge in [0.1, 0.15) is 0 Å². The van der Waals surface area contributed by atoms with Crippen LogP contribution in [-0.2, 0) is 5.41 Å². The molecule has 1 rings (SSSR count). The largest absolute Gasteiger partial charge is 0.330 e. The van der Waals surface area contributed by atoms with Crippen LogP contribution in [-0.4, -0.2) is 6.54 Å². The molecule has 1 nitrogen and oxygen atoms in total. The minimum atomic E-state index is 0.139. The van der Waals surface area contributed by atoms with Gasteiger partial charge in [0, 0.05) is 16.4 Å². The summed E-state index contributed by atoms with van der Waals surface area (Å²) in [6.45, 7) is 5.12. The zero-order chi connectivity index (χ0) is 10.6. The van der Waals surface area contributed by atoms with Crippen LogP contribution in [0.3, 0.4) is 0 Å². The van der Waals surface area contributed by atoms with Crippen LogP contribution < -0.4 is 5.73 Å². The molecular weight excluding hydrogens is 238 g/mol. The van der Waals surface area contributed by atoms with Gasteiger partial charge in [-0.15, -0.1) is 0 Å². The molecule has 0 aliphatic carbocycles. The summed E-state index contributed by atoms with van der Waals surface area (Å²) in [6, 6.07) is 8.38. The Labute approximate surface area is 94.8 Å². The zero-order valence-electron chi connectivity index (χ0n) is 8.89. The molecule has 0 bridgehead atoms. The predicted molar refractivity (Wildman–Crippen MR) is 65.5 cm³/mol. The molecule has 1 aromatic carbocycles. The predicted octanol–water partition coefficient (Wildman–Crippen LogP) is 3.47. The number of halogens is 1. The summed E-state index contributed by atoms with van der Waals surface area (Å²) in [4.78, 5) is 0. The van der Waals surface area contributed by atoms with Gasteiger partial charge < -0.3 is 5.73 Å². The van der Waals surface area contributed by atoms with Crippen LogP contribution in [0.1, 0.15) is 32.3 Å². The van der Waals surface area contributed by atoms with E-state index in [0.29, 0.717) is 6.54 Å². The maximum absolute atomic E-state index is 5.91. The van der Waals surface area contributed by atoms with E-state index < -0.39 is 0 Å². The van der Waals surface area contributed by atoms with E-state index in [1.165, 1.54) is 10.0 Å². The molecule has 1 aromatic rings. The Hall–Kier alpha value is -0.340. The third-order valence-electron chi connectivity index (χ3n) is 3.19. The van der Waals surface area contributed by atoms with Crippen molar-refractivity contribution in [3.63, 3.8) is 0 Å². The van der Waals surface area contributed by atoms with Crippen molar-refractivity contribution in [2.24, 2.45) is 5.73 Å². The van der Waals surface area contributed by atoms with Crippen molar-refractivity contribution in [3.05, 3.63) is 34.3 Å². The van der Waals surface area contributed by atoms with Crippen molar-refractivity contribution in [2.75, 3.05) is 6.54 Å². The Morgan fingerprint density at radius 1 is 1.21 bits per heavy atom. The molecule has 0 unspecified atom stereocenters. The molecule has 0 aliphatic heterocycles. The maximum Gasteiger partial charge on any atom is 0.0213 e. The molecule has 78 valence electrons. The molecule has 0 aromatic heterocycles. The highest BCUT2D eigenvalue weighted by Gasteiger charge is 2.28. The zero-order valence-corrected chi connectivity index (χ0v) is 10.5. The molecule has 0 spiro atoms. The summed E-state index contributed by atoms with van der Waals surface area (Å²) < 4.78 is 1.18. The normalized spacial score (nSPS) is 11.7. The molecule has 0 saturated heterocycles. The Morgan fingerprint density at radius 3 is 2.21 bits per heavy atom. The van der Waals surface area contributed by atoms with Gasteiger partial charge >= 0.3 is 0 Å². The first-order valence-electron chi connectivity index (χ1n) is 5.15. The van der Waals surface area contributed by atoms with Crippen molar-refractivity contribution in [3.8, 4) is 0 Å². The van der Waals surface area contributed by atoms with Gasteiger partial charge in [-0.3, -0.25) is 0 Å². The fourth-order valence-corrected chi connectivity index (χ4v) is 2.63. The van der Waals surface area contributed by atoms with Gasteiger partial charge in [0.15, 0.2) is 0 Å². The molecule has 2 heteroatoms. The summed E-state index contributed by atoms with van der Waals surface area (Å²) in [6.07, 6.45) is 2.17. The Bertz CT molecular complexity index is 284. The van der Waals surface area contributed by atoms with Crippen molar-refractivity contribution in [1.29, 1.82) is 0 Å². The summed E-state index contributed by atoms with van der Waals surface area (Å²) in [5.41, 5.74) is 7.39. The van der Waals surface area contributed by atoms with Crippen molar-refractivity contribution < 1.29 is 0 Å². The number of nitrogens with two attached hydrogens (primary N) is 1. The summed E-state index contributed by atoms with van der Waals surface area (Å²) in [5.74, 6) is 0. The van der Waals surface area contributed by atoms with E-state index in [2.05, 4.69) is 48.0 Å². The van der Waals surface area contributed by atoms with Crippen LogP contribution in [0.4, 0.5) is 0 Å². The van der Waals surface area contributed by atoms with E-state index in [-0.39, 0.29) is 5.41 Å². The number of hydrogen-bond acceptors (Lipinski definition) is 1. The Kier molecular flexibility index (Phi) is 4.14. The first-order chi connectivity index (χ1) is 6.70. The lowest BCUT2D eigenvalue weighted by Gasteiger charge is -2.31. The second-order valence-electron chi connectivity index (χ2n) is 3.67. The second kappa shape index (κ2) is 4.94. The van der Waals surface area contributed by atoms with Gasteiger partial charge in [-0.2, -0.15) is 0 Å². The number of benzene rings is 1. The average molecular weight is 256 g/mol. The standard InChI is InChI=1S/C12H18BrN/c1-3-12(4-2,9-14)10-7-5-6-8-11(10)13/h5-8H,3-4,9,14H2,1-2H3. The lowest BCUT2D eigenvalue weighted by atomic mass is 9.76. The van der Waals surface area contributed by atoms with Gasteiger partial charge in [0.25, 0.3) is 0 Å². The molecule has 0 fully saturated rings. The third kappa shape index (κ3) is 2.01. The molecule has 0 heterocycles. The molecule has 0 amide bonds. The Morgan fingerprint density at radius 2 is 1.79 bits per heavy atom. The third-order valence-corrected chi connectivity index (χ3v) is 3.88. The van der Waals surface area contributed by atoms with Crippen LogP contribution in [0, 0.1) is 0 Å². The van der Waals surface area contributed by atoms with E-state index in [0.717, 1.165) is 12.8 Å². The maximum atomic E-state index is 5.91. The highest BCUT2D eigenvalue weighted by molar-refractivity contribution is 9.10. The van der Waals surface area contributed by atoms with E-state index in [9.17, 15) is 0 Å². The van der Waals surface area contributed by atoms with Crippen molar-refractivity contribution in [1.82, 2.24) is 0 Å². The van der Waals surface area contributed by atoms with Gasteiger partial charge in [-0.25, -0.2) is 0 Å². The van der Waals surface area contributed by atoms with E-state index in [4.69, 9.17) is 5.73 Å². The molecule has 2 N–H and O–H groups in total. The van der Waals surface area contributed by atoms with Crippen molar-refractivity contribution >= 4 is 15.9 Å². The fourth-order valence-electron chi connectivity index (χ4n) is 1.92. The summed E-state index contributed by atoms with van der Waals surface area (Å²) in [5, 5.41) is 0. The van der Waals surface area contributed by atoms with E-state index >= 15 is 0 Å². The minimum Gasteiger partial charge on any atom is -0.330 e. The Balaban J connectivity index is 3.17. The van der Waals surface area contributed by atoms with Gasteiger partial charge in [0.05, 0.1) is 0 Å². The van der Waals surface area contributed by atoms with Crippen LogP contribution in [0.5, 0.6) is 0 Å².